The van der Waals surface area contributed by atoms with Gasteiger partial charge in [0.1, 0.15) is 17.2 Å². The molecular weight excluding hydrogens is 378 g/mol. The van der Waals surface area contributed by atoms with E-state index in [0.29, 0.717) is 30.9 Å². The molecule has 6 rings (SSSR count). The number of hydrogen-bond donors (Lipinski definition) is 2. The number of nitrogens with zero attached hydrogens (tertiary/aromatic N) is 1. The van der Waals surface area contributed by atoms with Crippen LogP contribution in [0.25, 0.3) is 0 Å². The van der Waals surface area contributed by atoms with Gasteiger partial charge in [-0.1, -0.05) is 18.2 Å². The number of carbonyl (C=O) groups excluding carboxylic acids is 1. The molecule has 1 atom stereocenters. The monoisotopic (exact) mass is 401 g/mol. The maximum Gasteiger partial charge on any atom is 0.252 e. The molecule has 4 heterocycles. The Bertz CT molecular complexity index is 1080. The van der Waals surface area contributed by atoms with E-state index in [-0.39, 0.29) is 11.9 Å². The van der Waals surface area contributed by atoms with Crippen molar-refractivity contribution in [1.82, 2.24) is 15.6 Å². The van der Waals surface area contributed by atoms with Crippen LogP contribution >= 0.6 is 0 Å². The maximum absolute atomic E-state index is 12.4. The van der Waals surface area contributed by atoms with Gasteiger partial charge in [-0.3, -0.25) is 9.78 Å². The Balaban J connectivity index is 1.53. The van der Waals surface area contributed by atoms with Crippen LogP contribution in [0.2, 0.25) is 0 Å². The summed E-state index contributed by atoms with van der Waals surface area (Å²) in [7, 11) is 0. The molecule has 6 heteroatoms. The fourth-order valence-electron chi connectivity index (χ4n) is 3.99. The molecule has 1 unspecified atom stereocenters. The molecule has 30 heavy (non-hydrogen) atoms. The molecule has 3 aliphatic heterocycles. The van der Waals surface area contributed by atoms with Gasteiger partial charge in [-0.15, -0.1) is 0 Å². The summed E-state index contributed by atoms with van der Waals surface area (Å²) < 4.78 is 12.0. The lowest BCUT2D eigenvalue weighted by Crippen LogP contribution is -2.30. The van der Waals surface area contributed by atoms with Gasteiger partial charge in [0.2, 0.25) is 0 Å². The predicted molar refractivity (Wildman–Crippen MR) is 113 cm³/mol. The number of pyridine rings is 1. The van der Waals surface area contributed by atoms with Crippen LogP contribution in [0.1, 0.15) is 39.5 Å². The highest BCUT2D eigenvalue weighted by atomic mass is 16.5. The average Bonchev–Trinajstić information content (AvgIpc) is 2.78. The van der Waals surface area contributed by atoms with Gasteiger partial charge in [0.05, 0.1) is 24.4 Å². The van der Waals surface area contributed by atoms with Gasteiger partial charge in [-0.05, 0) is 59.9 Å². The van der Waals surface area contributed by atoms with Gasteiger partial charge in [-0.25, -0.2) is 0 Å². The van der Waals surface area contributed by atoms with Crippen LogP contribution in [0.15, 0.2) is 60.9 Å². The van der Waals surface area contributed by atoms with Crippen molar-refractivity contribution in [3.8, 4) is 17.2 Å². The number of nitrogens with one attached hydrogen (secondary N) is 2. The molecule has 3 aromatic rings. The van der Waals surface area contributed by atoms with E-state index in [1.165, 1.54) is 16.7 Å². The van der Waals surface area contributed by atoms with Crippen LogP contribution in [-0.4, -0.2) is 30.6 Å². The van der Waals surface area contributed by atoms with Crippen molar-refractivity contribution in [2.24, 2.45) is 0 Å². The van der Waals surface area contributed by atoms with Crippen molar-refractivity contribution in [2.75, 3.05) is 19.7 Å². The van der Waals surface area contributed by atoms with Gasteiger partial charge in [-0.2, -0.15) is 0 Å². The highest BCUT2D eigenvalue weighted by molar-refractivity contribution is 5.94. The molecule has 1 aromatic heterocycles. The number of aromatic nitrogens is 1. The van der Waals surface area contributed by atoms with Crippen LogP contribution in [0.5, 0.6) is 17.2 Å². The molecule has 1 amide bonds. The number of amides is 1. The molecule has 3 aliphatic rings. The highest BCUT2D eigenvalue weighted by Gasteiger charge is 2.22. The average molecular weight is 401 g/mol. The van der Waals surface area contributed by atoms with E-state index in [1.807, 2.05) is 18.2 Å². The number of ether oxygens (including phenoxy) is 2. The van der Waals surface area contributed by atoms with E-state index in [2.05, 4.69) is 39.9 Å². The molecule has 0 saturated carbocycles. The molecule has 8 bridgehead atoms. The number of rotatable bonds is 0. The summed E-state index contributed by atoms with van der Waals surface area (Å²) in [5, 5.41) is 6.53. The summed E-state index contributed by atoms with van der Waals surface area (Å²) in [5.74, 6) is 1.96. The van der Waals surface area contributed by atoms with Crippen molar-refractivity contribution in [3.63, 3.8) is 0 Å². The van der Waals surface area contributed by atoms with E-state index in [9.17, 15) is 4.79 Å². The largest absolute Gasteiger partial charge is 0.494 e. The van der Waals surface area contributed by atoms with Gasteiger partial charge in [0.25, 0.3) is 5.91 Å². The van der Waals surface area contributed by atoms with Crippen molar-refractivity contribution in [1.29, 1.82) is 0 Å². The predicted octanol–water partition coefficient (Wildman–Crippen LogP) is 3.62. The quantitative estimate of drug-likeness (QED) is 0.602. The number of hydrogen-bond acceptors (Lipinski definition) is 5. The second kappa shape index (κ2) is 8.16. The third kappa shape index (κ3) is 3.86. The summed E-state index contributed by atoms with van der Waals surface area (Å²) >= 11 is 0. The van der Waals surface area contributed by atoms with Crippen LogP contribution in [-0.2, 0) is 6.42 Å². The molecule has 2 aromatic carbocycles. The van der Waals surface area contributed by atoms with Gasteiger partial charge >= 0.3 is 0 Å². The number of carbonyl (C=O) groups is 1. The standard InChI is InChI=1S/C24H23N3O3/c28-24-18-13-21(15-25-14-18)30-20-5-6-22-16(11-20)7-9-26-23(22)17-3-1-4-19(12-17)29-10-2-8-27-24/h1,3-6,11-15,23,26H,2,7-10H2,(H,27,28). The lowest BCUT2D eigenvalue weighted by Gasteiger charge is -2.28. The molecule has 2 N–H and O–H groups in total. The smallest absolute Gasteiger partial charge is 0.252 e. The third-order valence-corrected chi connectivity index (χ3v) is 5.45. The Labute approximate surface area is 175 Å². The first-order valence-corrected chi connectivity index (χ1v) is 10.3. The Hall–Kier alpha value is -3.38. The van der Waals surface area contributed by atoms with Crippen molar-refractivity contribution >= 4 is 5.91 Å². The van der Waals surface area contributed by atoms with Crippen molar-refractivity contribution in [2.45, 2.75) is 18.9 Å². The molecule has 6 nitrogen and oxygen atoms in total. The molecule has 0 radical (unpaired) electrons. The van der Waals surface area contributed by atoms with Crippen molar-refractivity contribution in [3.05, 3.63) is 83.2 Å². The van der Waals surface area contributed by atoms with Gasteiger partial charge in [0, 0.05) is 19.3 Å². The van der Waals surface area contributed by atoms with E-state index >= 15 is 0 Å². The zero-order valence-corrected chi connectivity index (χ0v) is 16.6. The molecule has 0 saturated heterocycles. The minimum absolute atomic E-state index is 0.120. The molecular formula is C24H23N3O3. The molecule has 0 aliphatic carbocycles. The Kier molecular flexibility index (Phi) is 5.07. The van der Waals surface area contributed by atoms with Crippen LogP contribution in [0.4, 0.5) is 0 Å². The van der Waals surface area contributed by atoms with Crippen molar-refractivity contribution < 1.29 is 14.3 Å². The normalized spacial score (nSPS) is 18.4. The second-order valence-electron chi connectivity index (χ2n) is 7.54. The zero-order valence-electron chi connectivity index (χ0n) is 16.6. The first-order chi connectivity index (χ1) is 14.8. The molecule has 0 fully saturated rings. The van der Waals surface area contributed by atoms with Crippen LogP contribution in [0.3, 0.4) is 0 Å². The highest BCUT2D eigenvalue weighted by Crippen LogP contribution is 2.33. The summed E-state index contributed by atoms with van der Waals surface area (Å²) in [6.45, 7) is 1.95. The summed E-state index contributed by atoms with van der Waals surface area (Å²) in [4.78, 5) is 16.6. The number of benzene rings is 2. The maximum atomic E-state index is 12.4. The fourth-order valence-corrected chi connectivity index (χ4v) is 3.99. The zero-order chi connectivity index (χ0) is 20.3. The van der Waals surface area contributed by atoms with Gasteiger partial charge < -0.3 is 20.1 Å². The van der Waals surface area contributed by atoms with E-state index in [4.69, 9.17) is 9.47 Å². The lowest BCUT2D eigenvalue weighted by molar-refractivity contribution is 0.0951. The Morgan fingerprint density at radius 3 is 2.90 bits per heavy atom. The Morgan fingerprint density at radius 2 is 1.93 bits per heavy atom. The van der Waals surface area contributed by atoms with E-state index in [0.717, 1.165) is 24.5 Å². The Morgan fingerprint density at radius 1 is 0.967 bits per heavy atom. The SMILES string of the molecule is O=C1NCCCOc2cccc(c2)C2NCCc3cc(ccc32)Oc2cncc1c2. The summed E-state index contributed by atoms with van der Waals surface area (Å²) in [6.07, 6.45) is 4.82. The van der Waals surface area contributed by atoms with Gasteiger partial charge in [0.15, 0.2) is 0 Å². The fraction of sp³-hybridized carbons (Fsp3) is 0.250. The minimum atomic E-state index is -0.171. The summed E-state index contributed by atoms with van der Waals surface area (Å²) in [5.41, 5.74) is 4.15. The topological polar surface area (TPSA) is 72.5 Å². The molecule has 0 spiro atoms. The summed E-state index contributed by atoms with van der Waals surface area (Å²) in [6, 6.07) is 16.2. The molecule has 152 valence electrons. The van der Waals surface area contributed by atoms with E-state index < -0.39 is 0 Å². The first kappa shape index (κ1) is 18.6. The third-order valence-electron chi connectivity index (χ3n) is 5.45. The number of fused-ring (bicyclic) bond motifs is 6. The lowest BCUT2D eigenvalue weighted by atomic mass is 9.89. The minimum Gasteiger partial charge on any atom is -0.494 e. The first-order valence-electron chi connectivity index (χ1n) is 10.3. The van der Waals surface area contributed by atoms with E-state index in [1.54, 1.807) is 18.5 Å². The second-order valence-corrected chi connectivity index (χ2v) is 7.54. The van der Waals surface area contributed by atoms with Crippen LogP contribution < -0.4 is 20.1 Å². The van der Waals surface area contributed by atoms with Crippen LogP contribution in [0, 0.1) is 0 Å².